The minimum atomic E-state index is -1.62. The molecule has 4 aliphatic rings. The van der Waals surface area contributed by atoms with E-state index in [4.69, 9.17) is 28.4 Å². The van der Waals surface area contributed by atoms with Gasteiger partial charge in [-0.25, -0.2) is 0 Å². The first-order chi connectivity index (χ1) is 24.1. The fraction of sp³-hybridized carbons (Fsp3) is 0.575. The van der Waals surface area contributed by atoms with Crippen molar-refractivity contribution in [3.63, 3.8) is 0 Å². The quantitative estimate of drug-likeness (QED) is 0.203. The van der Waals surface area contributed by atoms with Crippen LogP contribution >= 0.6 is 0 Å². The second-order valence-electron chi connectivity index (χ2n) is 15.3. The zero-order valence-electron chi connectivity index (χ0n) is 30.4. The van der Waals surface area contributed by atoms with E-state index in [1.54, 1.807) is 20.8 Å². The molecule has 0 aromatic heterocycles. The Morgan fingerprint density at radius 2 is 1.41 bits per heavy atom. The van der Waals surface area contributed by atoms with E-state index in [1.165, 1.54) is 20.8 Å². The second-order valence-corrected chi connectivity index (χ2v) is 15.3. The van der Waals surface area contributed by atoms with E-state index in [2.05, 4.69) is 0 Å². The summed E-state index contributed by atoms with van der Waals surface area (Å²) < 4.78 is 38.5. The molecule has 0 spiro atoms. The molecule has 10 atom stereocenters. The number of aliphatic hydroxyl groups excluding tert-OH is 1. The van der Waals surface area contributed by atoms with E-state index in [0.717, 1.165) is 11.1 Å². The molecule has 2 aromatic carbocycles. The SMILES string of the molecule is CC(=O)O[C@H]1C[C@]2(C(C)(C)O)C(=C1C)[C@@H](O)[C@H](OCc1ccccc1)[C@@]1(C)C([C@@H]2OCc2ccccc2)[C@]2(OC(C)=O)CO[C@@H]2C[C@@H]1OC(C)=O. The lowest BCUT2D eigenvalue weighted by atomic mass is 9.49. The van der Waals surface area contributed by atoms with Crippen molar-refractivity contribution in [3.8, 4) is 0 Å². The number of hydrogen-bond acceptors (Lipinski definition) is 11. The molecule has 3 fully saturated rings. The van der Waals surface area contributed by atoms with Gasteiger partial charge in [0.15, 0.2) is 5.60 Å². The van der Waals surface area contributed by atoms with Gasteiger partial charge in [0.05, 0.1) is 43.0 Å². The number of hydrogen-bond donors (Lipinski definition) is 2. The van der Waals surface area contributed by atoms with Crippen LogP contribution in [0.1, 0.15) is 72.4 Å². The van der Waals surface area contributed by atoms with Crippen LogP contribution in [0, 0.1) is 16.7 Å². The van der Waals surface area contributed by atoms with Crippen molar-refractivity contribution in [1.82, 2.24) is 0 Å². The number of carbonyl (C=O) groups excluding carboxylic acids is 3. The van der Waals surface area contributed by atoms with Crippen LogP contribution in [0.4, 0.5) is 0 Å². The van der Waals surface area contributed by atoms with E-state index in [0.29, 0.717) is 11.1 Å². The zero-order valence-corrected chi connectivity index (χ0v) is 30.4. The lowest BCUT2D eigenvalue weighted by Crippen LogP contribution is -2.79. The van der Waals surface area contributed by atoms with Gasteiger partial charge in [0.2, 0.25) is 0 Å². The molecule has 11 nitrogen and oxygen atoms in total. The number of benzene rings is 2. The van der Waals surface area contributed by atoms with Crippen molar-refractivity contribution >= 4 is 17.9 Å². The first-order valence-corrected chi connectivity index (χ1v) is 17.6. The summed E-state index contributed by atoms with van der Waals surface area (Å²) in [4.78, 5) is 38.5. The summed E-state index contributed by atoms with van der Waals surface area (Å²) in [5.74, 6) is -2.49. The fourth-order valence-electron chi connectivity index (χ4n) is 9.75. The fourth-order valence-corrected chi connectivity index (χ4v) is 9.75. The van der Waals surface area contributed by atoms with Gasteiger partial charge in [-0.05, 0) is 43.0 Å². The van der Waals surface area contributed by atoms with Gasteiger partial charge in [0.25, 0.3) is 0 Å². The Hall–Kier alpha value is -3.61. The maximum absolute atomic E-state index is 13.1. The first kappa shape index (κ1) is 37.2. The third kappa shape index (κ3) is 6.20. The van der Waals surface area contributed by atoms with E-state index in [1.807, 2.05) is 67.6 Å². The molecule has 0 bridgehead atoms. The molecular formula is C40H50O11. The Morgan fingerprint density at radius 1 is 0.863 bits per heavy atom. The number of esters is 3. The highest BCUT2D eigenvalue weighted by molar-refractivity contribution is 5.68. The van der Waals surface area contributed by atoms with Crippen molar-refractivity contribution in [2.24, 2.45) is 16.7 Å². The average molecular weight is 707 g/mol. The molecule has 2 N–H and O–H groups in total. The van der Waals surface area contributed by atoms with E-state index >= 15 is 0 Å². The van der Waals surface area contributed by atoms with Gasteiger partial charge in [-0.3, -0.25) is 14.4 Å². The largest absolute Gasteiger partial charge is 0.462 e. The molecule has 2 aromatic rings. The summed E-state index contributed by atoms with van der Waals surface area (Å²) in [7, 11) is 0. The van der Waals surface area contributed by atoms with Gasteiger partial charge in [-0.1, -0.05) is 67.6 Å². The summed E-state index contributed by atoms with van der Waals surface area (Å²) >= 11 is 0. The number of aliphatic hydroxyl groups is 2. The molecule has 2 saturated carbocycles. The van der Waals surface area contributed by atoms with Crippen LogP contribution in [0.2, 0.25) is 0 Å². The van der Waals surface area contributed by atoms with Crippen LogP contribution in [0.3, 0.4) is 0 Å². The van der Waals surface area contributed by atoms with Crippen molar-refractivity contribution < 1.29 is 53.0 Å². The van der Waals surface area contributed by atoms with Crippen LogP contribution in [0.15, 0.2) is 71.8 Å². The van der Waals surface area contributed by atoms with Crippen LogP contribution in [0.25, 0.3) is 0 Å². The Kier molecular flexibility index (Phi) is 10.0. The molecular weight excluding hydrogens is 656 g/mol. The third-order valence-electron chi connectivity index (χ3n) is 11.8. The van der Waals surface area contributed by atoms with Crippen molar-refractivity contribution in [2.45, 2.75) is 122 Å². The molecule has 0 amide bonds. The predicted molar refractivity (Wildman–Crippen MR) is 184 cm³/mol. The Balaban J connectivity index is 1.67. The minimum Gasteiger partial charge on any atom is -0.462 e. The highest BCUT2D eigenvalue weighted by Crippen LogP contribution is 2.68. The number of ether oxygens (including phenoxy) is 6. The normalized spacial score (nSPS) is 35.7. The maximum atomic E-state index is 13.1. The van der Waals surface area contributed by atoms with Gasteiger partial charge in [-0.2, -0.15) is 0 Å². The molecule has 3 aliphatic carbocycles. The van der Waals surface area contributed by atoms with Crippen LogP contribution in [-0.4, -0.2) is 82.6 Å². The van der Waals surface area contributed by atoms with E-state index in [-0.39, 0.29) is 32.7 Å². The first-order valence-electron chi connectivity index (χ1n) is 17.6. The van der Waals surface area contributed by atoms with Gasteiger partial charge in [0, 0.05) is 44.9 Å². The van der Waals surface area contributed by atoms with Crippen molar-refractivity contribution in [1.29, 1.82) is 0 Å². The molecule has 6 rings (SSSR count). The predicted octanol–water partition coefficient (Wildman–Crippen LogP) is 4.60. The standard InChI is InChI=1S/C40H50O11/c1-23-29(49-24(2)41)19-39(37(5,6)45)32(23)33(44)35(46-20-27-14-10-8-11-15-27)38(7)30(50-25(3)42)18-31-40(22-48-31,51-26(4)43)34(38)36(39)47-21-28-16-12-9-13-17-28/h8-17,29-31,33-36,44-45H,18-22H2,1-7H3/t29-,30-,31+,33+,34?,35-,36-,38+,39-,40-/m0/s1. The van der Waals surface area contributed by atoms with Gasteiger partial charge < -0.3 is 38.6 Å². The lowest BCUT2D eigenvalue weighted by Gasteiger charge is -2.66. The molecule has 11 heteroatoms. The van der Waals surface area contributed by atoms with Crippen molar-refractivity contribution in [2.75, 3.05) is 6.61 Å². The summed E-state index contributed by atoms with van der Waals surface area (Å²) in [6.45, 7) is 11.2. The molecule has 51 heavy (non-hydrogen) atoms. The Morgan fingerprint density at radius 3 is 1.88 bits per heavy atom. The topological polar surface area (TPSA) is 147 Å². The van der Waals surface area contributed by atoms with E-state index < -0.39 is 82.5 Å². The number of carbonyl (C=O) groups is 3. The van der Waals surface area contributed by atoms with Crippen LogP contribution < -0.4 is 0 Å². The molecule has 276 valence electrons. The smallest absolute Gasteiger partial charge is 0.303 e. The second kappa shape index (κ2) is 13.7. The third-order valence-corrected chi connectivity index (χ3v) is 11.8. The molecule has 1 saturated heterocycles. The summed E-state index contributed by atoms with van der Waals surface area (Å²) in [5, 5.41) is 25.5. The molecule has 1 aliphatic heterocycles. The highest BCUT2D eigenvalue weighted by atomic mass is 16.6. The number of rotatable bonds is 10. The molecule has 1 unspecified atom stereocenters. The highest BCUT2D eigenvalue weighted by Gasteiger charge is 2.79. The lowest BCUT2D eigenvalue weighted by molar-refractivity contribution is -0.358. The van der Waals surface area contributed by atoms with Gasteiger partial charge >= 0.3 is 17.9 Å². The Labute approximate surface area is 299 Å². The van der Waals surface area contributed by atoms with Gasteiger partial charge in [-0.15, -0.1) is 0 Å². The zero-order chi connectivity index (χ0) is 36.9. The van der Waals surface area contributed by atoms with Crippen molar-refractivity contribution in [3.05, 3.63) is 82.9 Å². The van der Waals surface area contributed by atoms with Crippen LogP contribution in [-0.2, 0) is 56.0 Å². The van der Waals surface area contributed by atoms with E-state index in [9.17, 15) is 24.6 Å². The molecule has 1 heterocycles. The summed E-state index contributed by atoms with van der Waals surface area (Å²) in [6, 6.07) is 19.0. The average Bonchev–Trinajstić information content (AvgIpc) is 3.31. The Bertz CT molecular complexity index is 1650. The monoisotopic (exact) mass is 706 g/mol. The van der Waals surface area contributed by atoms with Crippen LogP contribution in [0.5, 0.6) is 0 Å². The molecule has 0 radical (unpaired) electrons. The van der Waals surface area contributed by atoms with Gasteiger partial charge in [0.1, 0.15) is 24.4 Å². The maximum Gasteiger partial charge on any atom is 0.303 e. The summed E-state index contributed by atoms with van der Waals surface area (Å²) in [5.41, 5.74) is -3.01. The number of fused-ring (bicyclic) bond motifs is 4. The summed E-state index contributed by atoms with van der Waals surface area (Å²) in [6.07, 6.45) is -5.73. The minimum absolute atomic E-state index is 0.00430.